The molecule has 0 aromatic carbocycles. The molecule has 0 saturated carbocycles. The number of rotatable bonds is 9. The topological polar surface area (TPSA) is 67.9 Å². The highest BCUT2D eigenvalue weighted by molar-refractivity contribution is 4.95. The Hall–Kier alpha value is -0.280. The third-order valence-corrected chi connectivity index (χ3v) is 4.03. The standard InChI is InChI=1S/C14H24O7/c1-15-3-9(17-4-10-5-18-10)6-19-12-8-21-13-11(16-2)7-20-14(12)13/h9-14H,3-8H2,1-2H3. The fraction of sp³-hybridized carbons (Fsp3) is 1.00. The van der Waals surface area contributed by atoms with Gasteiger partial charge >= 0.3 is 0 Å². The van der Waals surface area contributed by atoms with Crippen molar-refractivity contribution in [3.8, 4) is 0 Å². The summed E-state index contributed by atoms with van der Waals surface area (Å²) in [6.45, 7) is 3.41. The lowest BCUT2D eigenvalue weighted by Gasteiger charge is -2.21. The molecule has 6 atom stereocenters. The molecule has 21 heavy (non-hydrogen) atoms. The second-order valence-corrected chi connectivity index (χ2v) is 5.61. The smallest absolute Gasteiger partial charge is 0.115 e. The highest BCUT2D eigenvalue weighted by Crippen LogP contribution is 2.30. The van der Waals surface area contributed by atoms with E-state index in [4.69, 9.17) is 33.2 Å². The van der Waals surface area contributed by atoms with Gasteiger partial charge in [-0.25, -0.2) is 0 Å². The molecule has 3 fully saturated rings. The predicted octanol–water partition coefficient (Wildman–Crippen LogP) is -0.385. The molecule has 0 aromatic heterocycles. The summed E-state index contributed by atoms with van der Waals surface area (Å²) in [7, 11) is 3.33. The number of epoxide rings is 1. The quantitative estimate of drug-likeness (QED) is 0.538. The Labute approximate surface area is 124 Å². The first-order valence-electron chi connectivity index (χ1n) is 7.41. The summed E-state index contributed by atoms with van der Waals surface area (Å²) >= 11 is 0. The third kappa shape index (κ3) is 3.92. The van der Waals surface area contributed by atoms with E-state index in [0.717, 1.165) is 6.61 Å². The van der Waals surface area contributed by atoms with Crippen LogP contribution in [-0.4, -0.2) is 90.5 Å². The molecule has 0 bridgehead atoms. The normalized spacial score (nSPS) is 39.4. The first-order chi connectivity index (χ1) is 10.3. The number of methoxy groups -OCH3 is 2. The van der Waals surface area contributed by atoms with Crippen molar-refractivity contribution in [3.05, 3.63) is 0 Å². The molecule has 122 valence electrons. The van der Waals surface area contributed by atoms with E-state index in [0.29, 0.717) is 33.0 Å². The van der Waals surface area contributed by atoms with Crippen molar-refractivity contribution in [1.82, 2.24) is 0 Å². The highest BCUT2D eigenvalue weighted by Gasteiger charge is 2.48. The zero-order valence-corrected chi connectivity index (χ0v) is 12.6. The van der Waals surface area contributed by atoms with Gasteiger partial charge in [0.1, 0.15) is 36.6 Å². The lowest BCUT2D eigenvalue weighted by molar-refractivity contribution is -0.0965. The summed E-state index contributed by atoms with van der Waals surface area (Å²) in [5, 5.41) is 0. The maximum atomic E-state index is 5.93. The summed E-state index contributed by atoms with van der Waals surface area (Å²) in [5.74, 6) is 0. The molecule has 0 N–H and O–H groups in total. The van der Waals surface area contributed by atoms with E-state index in [9.17, 15) is 0 Å². The SMILES string of the molecule is COCC(COC1COC2C(OC)COC12)OCC1CO1. The maximum Gasteiger partial charge on any atom is 0.115 e. The van der Waals surface area contributed by atoms with Crippen molar-refractivity contribution in [3.63, 3.8) is 0 Å². The summed E-state index contributed by atoms with van der Waals surface area (Å²) in [4.78, 5) is 0. The minimum atomic E-state index is -0.0992. The molecule has 0 aromatic rings. The molecular formula is C14H24O7. The van der Waals surface area contributed by atoms with Crippen LogP contribution in [0.1, 0.15) is 0 Å². The van der Waals surface area contributed by atoms with E-state index in [1.165, 1.54) is 0 Å². The number of hydrogen-bond donors (Lipinski definition) is 0. The Morgan fingerprint density at radius 1 is 0.952 bits per heavy atom. The van der Waals surface area contributed by atoms with Crippen LogP contribution in [0, 0.1) is 0 Å². The first-order valence-corrected chi connectivity index (χ1v) is 7.41. The molecule has 3 saturated heterocycles. The van der Waals surface area contributed by atoms with Gasteiger partial charge in [0.25, 0.3) is 0 Å². The zero-order valence-electron chi connectivity index (χ0n) is 12.6. The molecule has 3 rings (SSSR count). The van der Waals surface area contributed by atoms with E-state index in [1.807, 2.05) is 0 Å². The highest BCUT2D eigenvalue weighted by atomic mass is 16.6. The number of ether oxygens (including phenoxy) is 7. The third-order valence-electron chi connectivity index (χ3n) is 4.03. The molecule has 0 amide bonds. The largest absolute Gasteiger partial charge is 0.382 e. The van der Waals surface area contributed by atoms with Gasteiger partial charge in [-0.3, -0.25) is 0 Å². The molecule has 3 aliphatic rings. The van der Waals surface area contributed by atoms with Crippen LogP contribution in [0.5, 0.6) is 0 Å². The van der Waals surface area contributed by atoms with Crippen molar-refractivity contribution < 1.29 is 33.2 Å². The van der Waals surface area contributed by atoms with Crippen LogP contribution in [0.3, 0.4) is 0 Å². The Morgan fingerprint density at radius 2 is 1.67 bits per heavy atom. The summed E-state index contributed by atoms with van der Waals surface area (Å²) in [6.07, 6.45) is -0.00876. The van der Waals surface area contributed by atoms with E-state index in [1.54, 1.807) is 14.2 Å². The van der Waals surface area contributed by atoms with Crippen LogP contribution in [-0.2, 0) is 33.2 Å². The van der Waals surface area contributed by atoms with Gasteiger partial charge in [-0.15, -0.1) is 0 Å². The number of hydrogen-bond acceptors (Lipinski definition) is 7. The van der Waals surface area contributed by atoms with Crippen LogP contribution in [0.2, 0.25) is 0 Å². The molecule has 7 heteroatoms. The van der Waals surface area contributed by atoms with E-state index in [2.05, 4.69) is 0 Å². The predicted molar refractivity (Wildman–Crippen MR) is 71.4 cm³/mol. The van der Waals surface area contributed by atoms with Gasteiger partial charge in [0, 0.05) is 14.2 Å². The molecule has 0 radical (unpaired) electrons. The van der Waals surface area contributed by atoms with Crippen LogP contribution in [0.25, 0.3) is 0 Å². The van der Waals surface area contributed by atoms with Gasteiger partial charge in [0.2, 0.25) is 0 Å². The van der Waals surface area contributed by atoms with Gasteiger partial charge in [-0.2, -0.15) is 0 Å². The van der Waals surface area contributed by atoms with Crippen molar-refractivity contribution in [2.24, 2.45) is 0 Å². The Kier molecular flexibility index (Phi) is 5.44. The maximum absolute atomic E-state index is 5.93. The average molecular weight is 304 g/mol. The first kappa shape index (κ1) is 15.6. The average Bonchev–Trinajstić information content (AvgIpc) is 3.09. The lowest BCUT2D eigenvalue weighted by Crippen LogP contribution is -2.36. The molecule has 3 aliphatic heterocycles. The van der Waals surface area contributed by atoms with Crippen molar-refractivity contribution in [2.75, 3.05) is 53.9 Å². The molecule has 6 unspecified atom stereocenters. The molecule has 0 aliphatic carbocycles. The summed E-state index contributed by atoms with van der Waals surface area (Å²) in [5.41, 5.74) is 0. The Bertz CT molecular complexity index is 322. The Balaban J connectivity index is 1.42. The monoisotopic (exact) mass is 304 g/mol. The van der Waals surface area contributed by atoms with Crippen molar-refractivity contribution >= 4 is 0 Å². The van der Waals surface area contributed by atoms with Gasteiger partial charge in [0.15, 0.2) is 0 Å². The zero-order chi connectivity index (χ0) is 14.7. The van der Waals surface area contributed by atoms with Crippen LogP contribution in [0.4, 0.5) is 0 Å². The molecular weight excluding hydrogens is 280 g/mol. The van der Waals surface area contributed by atoms with Gasteiger partial charge in [0.05, 0.1) is 39.6 Å². The van der Waals surface area contributed by atoms with Crippen LogP contribution in [0.15, 0.2) is 0 Å². The van der Waals surface area contributed by atoms with Crippen molar-refractivity contribution in [2.45, 2.75) is 36.6 Å². The fourth-order valence-electron chi connectivity index (χ4n) is 2.74. The van der Waals surface area contributed by atoms with Gasteiger partial charge in [-0.05, 0) is 0 Å². The van der Waals surface area contributed by atoms with Gasteiger partial charge < -0.3 is 33.2 Å². The molecule has 0 spiro atoms. The summed E-state index contributed by atoms with van der Waals surface area (Å²) in [6, 6.07) is 0. The van der Waals surface area contributed by atoms with E-state index in [-0.39, 0.29) is 36.6 Å². The minimum Gasteiger partial charge on any atom is -0.382 e. The minimum absolute atomic E-state index is 0.00152. The van der Waals surface area contributed by atoms with E-state index >= 15 is 0 Å². The summed E-state index contributed by atoms with van der Waals surface area (Å²) < 4.78 is 38.8. The van der Waals surface area contributed by atoms with Crippen LogP contribution >= 0.6 is 0 Å². The Morgan fingerprint density at radius 3 is 2.33 bits per heavy atom. The molecule has 7 nitrogen and oxygen atoms in total. The second kappa shape index (κ2) is 7.32. The number of fused-ring (bicyclic) bond motifs is 1. The van der Waals surface area contributed by atoms with Gasteiger partial charge in [-0.1, -0.05) is 0 Å². The fourth-order valence-corrected chi connectivity index (χ4v) is 2.74. The lowest BCUT2D eigenvalue weighted by atomic mass is 10.1. The molecule has 3 heterocycles. The van der Waals surface area contributed by atoms with Crippen molar-refractivity contribution in [1.29, 1.82) is 0 Å². The second-order valence-electron chi connectivity index (χ2n) is 5.61. The van der Waals surface area contributed by atoms with Crippen LogP contribution < -0.4 is 0 Å². The van der Waals surface area contributed by atoms with E-state index < -0.39 is 0 Å².